The molecule has 0 radical (unpaired) electrons. The topological polar surface area (TPSA) is 122 Å². The van der Waals surface area contributed by atoms with Crippen molar-refractivity contribution in [2.75, 3.05) is 7.11 Å². The molecule has 9 heteroatoms. The lowest BCUT2D eigenvalue weighted by Crippen LogP contribution is -2.28. The zero-order valence-electron chi connectivity index (χ0n) is 14.6. The van der Waals surface area contributed by atoms with E-state index in [1.54, 1.807) is 31.7 Å². The van der Waals surface area contributed by atoms with Crippen molar-refractivity contribution in [1.29, 1.82) is 0 Å². The molecule has 0 aliphatic rings. The summed E-state index contributed by atoms with van der Waals surface area (Å²) in [6, 6.07) is 6.91. The maximum absolute atomic E-state index is 12.6. The minimum Gasteiger partial charge on any atom is -0.497 e. The smallest absolute Gasteiger partial charge is 0.311 e. The Morgan fingerprint density at radius 2 is 2.15 bits per heavy atom. The summed E-state index contributed by atoms with van der Waals surface area (Å²) >= 11 is 0. The van der Waals surface area contributed by atoms with Crippen molar-refractivity contribution in [3.05, 3.63) is 41.6 Å². The number of hydrogen-bond acceptors (Lipinski definition) is 5. The molecule has 9 nitrogen and oxygen atoms in total. The number of nitrogens with zero attached hydrogens (tertiary/aromatic N) is 3. The number of ether oxygens (including phenoxy) is 1. The average molecular weight is 357 g/mol. The van der Waals surface area contributed by atoms with Gasteiger partial charge in [-0.05, 0) is 25.1 Å². The van der Waals surface area contributed by atoms with Gasteiger partial charge in [0.25, 0.3) is 5.91 Å². The number of carboxylic acids is 1. The highest BCUT2D eigenvalue weighted by Crippen LogP contribution is 2.24. The normalized spacial score (nSPS) is 12.1. The molecule has 0 aliphatic heterocycles. The molecule has 26 heavy (non-hydrogen) atoms. The van der Waals surface area contributed by atoms with Gasteiger partial charge in [0, 0.05) is 18.5 Å². The number of H-pyrrole nitrogens is 1. The van der Waals surface area contributed by atoms with Crippen LogP contribution < -0.4 is 10.1 Å². The second-order valence-corrected chi connectivity index (χ2v) is 5.92. The summed E-state index contributed by atoms with van der Waals surface area (Å²) < 4.78 is 7.01. The minimum absolute atomic E-state index is 0.241. The number of aromatic nitrogens is 4. The SMILES string of the molecule is COc1ccc2cc(C(=O)N[C@H](C)c3n[nH]c(CC(=O)O)n3)n(C)c2c1. The number of carbonyl (C=O) groups excluding carboxylic acids is 1. The maximum atomic E-state index is 12.6. The lowest BCUT2D eigenvalue weighted by molar-refractivity contribution is -0.136. The van der Waals surface area contributed by atoms with E-state index in [0.717, 1.165) is 10.9 Å². The number of carbonyl (C=O) groups is 2. The zero-order valence-corrected chi connectivity index (χ0v) is 14.6. The molecule has 1 atom stereocenters. The third-order valence-corrected chi connectivity index (χ3v) is 4.09. The van der Waals surface area contributed by atoms with Crippen molar-refractivity contribution < 1.29 is 19.4 Å². The highest BCUT2D eigenvalue weighted by atomic mass is 16.5. The van der Waals surface area contributed by atoms with Crippen LogP contribution in [0, 0.1) is 0 Å². The molecule has 3 rings (SSSR count). The van der Waals surface area contributed by atoms with Crippen LogP contribution in [0.3, 0.4) is 0 Å². The number of carboxylic acid groups (broad SMARTS) is 1. The molecule has 2 heterocycles. The Morgan fingerprint density at radius 3 is 2.85 bits per heavy atom. The summed E-state index contributed by atoms with van der Waals surface area (Å²) in [5.74, 6) is 0.00103. The molecule has 0 bridgehead atoms. The predicted molar refractivity (Wildman–Crippen MR) is 93.1 cm³/mol. The lowest BCUT2D eigenvalue weighted by atomic mass is 10.2. The molecule has 0 spiro atoms. The average Bonchev–Trinajstić information content (AvgIpc) is 3.19. The molecule has 0 fully saturated rings. The van der Waals surface area contributed by atoms with E-state index in [4.69, 9.17) is 9.84 Å². The first-order chi connectivity index (χ1) is 12.4. The molecule has 3 N–H and O–H groups in total. The van der Waals surface area contributed by atoms with Crippen LogP contribution in [-0.2, 0) is 18.3 Å². The Hall–Kier alpha value is -3.36. The van der Waals surface area contributed by atoms with Gasteiger partial charge >= 0.3 is 5.97 Å². The highest BCUT2D eigenvalue weighted by Gasteiger charge is 2.19. The second kappa shape index (κ2) is 6.87. The van der Waals surface area contributed by atoms with Gasteiger partial charge in [-0.2, -0.15) is 5.10 Å². The van der Waals surface area contributed by atoms with Crippen LogP contribution in [0.25, 0.3) is 10.9 Å². The molecule has 1 amide bonds. The summed E-state index contributed by atoms with van der Waals surface area (Å²) in [5.41, 5.74) is 1.37. The number of amides is 1. The Balaban J connectivity index is 1.79. The van der Waals surface area contributed by atoms with Gasteiger partial charge in [0.15, 0.2) is 5.82 Å². The first-order valence-corrected chi connectivity index (χ1v) is 7.96. The third kappa shape index (κ3) is 3.37. The molecular weight excluding hydrogens is 338 g/mol. The summed E-state index contributed by atoms with van der Waals surface area (Å²) in [6.07, 6.45) is -0.251. The molecule has 1 aromatic carbocycles. The van der Waals surface area contributed by atoms with Crippen LogP contribution in [-0.4, -0.2) is 43.8 Å². The number of hydrogen-bond donors (Lipinski definition) is 3. The summed E-state index contributed by atoms with van der Waals surface area (Å²) in [4.78, 5) is 27.4. The highest BCUT2D eigenvalue weighted by molar-refractivity contribution is 5.99. The molecule has 136 valence electrons. The van der Waals surface area contributed by atoms with E-state index >= 15 is 0 Å². The van der Waals surface area contributed by atoms with Gasteiger partial charge in [0.1, 0.15) is 23.7 Å². The standard InChI is InChI=1S/C17H19N5O4/c1-9(16-19-14(20-21-16)8-15(23)24)18-17(25)13-6-10-4-5-11(26-3)7-12(10)22(13)2/h4-7,9H,8H2,1-3H3,(H,18,25)(H,23,24)(H,19,20,21)/t9-/m1/s1. The fourth-order valence-electron chi connectivity index (χ4n) is 2.72. The lowest BCUT2D eigenvalue weighted by Gasteiger charge is -2.11. The largest absolute Gasteiger partial charge is 0.497 e. The minimum atomic E-state index is -1.00. The number of fused-ring (bicyclic) bond motifs is 1. The van der Waals surface area contributed by atoms with Crippen molar-refractivity contribution in [2.45, 2.75) is 19.4 Å². The number of benzene rings is 1. The van der Waals surface area contributed by atoms with Crippen molar-refractivity contribution in [3.8, 4) is 5.75 Å². The van der Waals surface area contributed by atoms with Crippen LogP contribution in [0.1, 0.15) is 35.1 Å². The van der Waals surface area contributed by atoms with Crippen LogP contribution in [0.2, 0.25) is 0 Å². The van der Waals surface area contributed by atoms with Crippen molar-refractivity contribution in [3.63, 3.8) is 0 Å². The molecule has 2 aromatic heterocycles. The predicted octanol–water partition coefficient (Wildman–Crippen LogP) is 1.42. The fraction of sp³-hybridized carbons (Fsp3) is 0.294. The van der Waals surface area contributed by atoms with Crippen LogP contribution in [0.4, 0.5) is 0 Å². The number of nitrogens with one attached hydrogen (secondary N) is 2. The first kappa shape index (κ1) is 17.5. The van der Waals surface area contributed by atoms with E-state index in [0.29, 0.717) is 17.3 Å². The summed E-state index contributed by atoms with van der Waals surface area (Å²) in [7, 11) is 3.40. The summed E-state index contributed by atoms with van der Waals surface area (Å²) in [5, 5.41) is 19.1. The number of aliphatic carboxylic acids is 1. The van der Waals surface area contributed by atoms with E-state index in [2.05, 4.69) is 20.5 Å². The van der Waals surface area contributed by atoms with Crippen molar-refractivity contribution in [2.24, 2.45) is 7.05 Å². The van der Waals surface area contributed by atoms with Crippen molar-refractivity contribution >= 4 is 22.8 Å². The van der Waals surface area contributed by atoms with E-state index < -0.39 is 12.0 Å². The third-order valence-electron chi connectivity index (χ3n) is 4.09. The molecule has 0 saturated carbocycles. The van der Waals surface area contributed by atoms with Gasteiger partial charge in [0.2, 0.25) is 0 Å². The molecule has 3 aromatic rings. The monoisotopic (exact) mass is 357 g/mol. The fourth-order valence-corrected chi connectivity index (χ4v) is 2.72. The van der Waals surface area contributed by atoms with Gasteiger partial charge in [-0.25, -0.2) is 4.98 Å². The van der Waals surface area contributed by atoms with E-state index in [9.17, 15) is 9.59 Å². The van der Waals surface area contributed by atoms with Gasteiger partial charge in [-0.15, -0.1) is 0 Å². The van der Waals surface area contributed by atoms with Gasteiger partial charge in [0.05, 0.1) is 18.7 Å². The van der Waals surface area contributed by atoms with E-state index in [1.807, 2.05) is 18.2 Å². The number of aromatic amines is 1. The molecule has 0 unspecified atom stereocenters. The summed E-state index contributed by atoms with van der Waals surface area (Å²) in [6.45, 7) is 1.73. The zero-order chi connectivity index (χ0) is 18.8. The first-order valence-electron chi connectivity index (χ1n) is 7.96. The maximum Gasteiger partial charge on any atom is 0.311 e. The second-order valence-electron chi connectivity index (χ2n) is 5.92. The number of methoxy groups -OCH3 is 1. The van der Waals surface area contributed by atoms with Gasteiger partial charge in [-0.3, -0.25) is 14.7 Å². The molecule has 0 aliphatic carbocycles. The Bertz CT molecular complexity index is 975. The van der Waals surface area contributed by atoms with Crippen molar-refractivity contribution in [1.82, 2.24) is 25.1 Å². The van der Waals surface area contributed by atoms with Crippen LogP contribution >= 0.6 is 0 Å². The number of rotatable bonds is 6. The van der Waals surface area contributed by atoms with Gasteiger partial charge < -0.3 is 19.7 Å². The Morgan fingerprint density at radius 1 is 1.38 bits per heavy atom. The Labute approximate surface area is 149 Å². The van der Waals surface area contributed by atoms with Crippen LogP contribution in [0.5, 0.6) is 5.75 Å². The van der Waals surface area contributed by atoms with Crippen LogP contribution in [0.15, 0.2) is 24.3 Å². The van der Waals surface area contributed by atoms with E-state index in [1.165, 1.54) is 0 Å². The Kier molecular flexibility index (Phi) is 4.61. The van der Waals surface area contributed by atoms with E-state index in [-0.39, 0.29) is 18.2 Å². The quantitative estimate of drug-likeness (QED) is 0.613. The molecular formula is C17H19N5O4. The molecule has 0 saturated heterocycles. The number of aryl methyl sites for hydroxylation is 1. The van der Waals surface area contributed by atoms with Gasteiger partial charge in [-0.1, -0.05) is 0 Å².